The molecule has 0 aliphatic carbocycles. The number of halogens is 1. The number of aromatic nitrogens is 3. The average Bonchev–Trinajstić information content (AvgIpc) is 3.12. The Balaban J connectivity index is 1.87. The van der Waals surface area contributed by atoms with Crippen molar-refractivity contribution < 1.29 is 4.79 Å². The maximum atomic E-state index is 12.4. The Hall–Kier alpha value is -2.08. The van der Waals surface area contributed by atoms with E-state index in [-0.39, 0.29) is 5.91 Å². The molecule has 1 aliphatic rings. The van der Waals surface area contributed by atoms with Crippen LogP contribution in [0.5, 0.6) is 0 Å². The summed E-state index contributed by atoms with van der Waals surface area (Å²) in [6.07, 6.45) is 3.78. The van der Waals surface area contributed by atoms with Gasteiger partial charge in [0.2, 0.25) is 0 Å². The monoisotopic (exact) mass is 319 g/mol. The summed E-state index contributed by atoms with van der Waals surface area (Å²) < 4.78 is 1.79. The van der Waals surface area contributed by atoms with Gasteiger partial charge in [0.05, 0.1) is 10.7 Å². The number of carbonyl (C=O) groups is 1. The number of anilines is 2. The van der Waals surface area contributed by atoms with Crippen LogP contribution in [0, 0.1) is 6.92 Å². The van der Waals surface area contributed by atoms with E-state index in [1.54, 1.807) is 16.8 Å². The molecular formula is C15H18ClN5O. The number of rotatable bonds is 3. The van der Waals surface area contributed by atoms with Crippen LogP contribution < -0.4 is 10.2 Å². The van der Waals surface area contributed by atoms with Gasteiger partial charge in [-0.3, -0.25) is 9.48 Å². The molecule has 0 atom stereocenters. The maximum Gasteiger partial charge on any atom is 0.274 e. The summed E-state index contributed by atoms with van der Waals surface area (Å²) >= 11 is 5.80. The minimum absolute atomic E-state index is 0.256. The molecular weight excluding hydrogens is 302 g/mol. The molecule has 1 N–H and O–H groups in total. The van der Waals surface area contributed by atoms with Gasteiger partial charge in [0.1, 0.15) is 11.4 Å². The standard InChI is InChI=1S/C15H18ClN5O/c1-10-13(14(19-20(10)2)21-7-3-4-8-21)18-15(22)12-6-5-11(16)9-17-12/h5-6,9H,3-4,7-8H2,1-2H3,(H,18,22). The predicted molar refractivity (Wildman–Crippen MR) is 86.6 cm³/mol. The zero-order chi connectivity index (χ0) is 15.7. The smallest absolute Gasteiger partial charge is 0.274 e. The average molecular weight is 320 g/mol. The Kier molecular flexibility index (Phi) is 4.02. The molecule has 22 heavy (non-hydrogen) atoms. The summed E-state index contributed by atoms with van der Waals surface area (Å²) in [5.74, 6) is 0.577. The van der Waals surface area contributed by atoms with Gasteiger partial charge < -0.3 is 10.2 Å². The second kappa shape index (κ2) is 5.96. The van der Waals surface area contributed by atoms with Crippen LogP contribution in [0.25, 0.3) is 0 Å². The molecule has 0 aromatic carbocycles. The van der Waals surface area contributed by atoms with Gasteiger partial charge in [-0.05, 0) is 31.9 Å². The van der Waals surface area contributed by atoms with Crippen LogP contribution in [0.1, 0.15) is 29.0 Å². The molecule has 0 spiro atoms. The number of amides is 1. The molecule has 1 saturated heterocycles. The molecule has 3 heterocycles. The minimum Gasteiger partial charge on any atom is -0.353 e. The summed E-state index contributed by atoms with van der Waals surface area (Å²) in [7, 11) is 1.88. The number of pyridine rings is 1. The maximum absolute atomic E-state index is 12.4. The van der Waals surface area contributed by atoms with Crippen molar-refractivity contribution in [3.8, 4) is 0 Å². The number of hydrogen-bond donors (Lipinski definition) is 1. The van der Waals surface area contributed by atoms with E-state index in [1.165, 1.54) is 6.20 Å². The Morgan fingerprint density at radius 2 is 2.05 bits per heavy atom. The lowest BCUT2D eigenvalue weighted by Crippen LogP contribution is -2.21. The van der Waals surface area contributed by atoms with Crippen molar-refractivity contribution >= 4 is 29.0 Å². The van der Waals surface area contributed by atoms with Gasteiger partial charge in [0.25, 0.3) is 5.91 Å². The van der Waals surface area contributed by atoms with Crippen molar-refractivity contribution in [1.29, 1.82) is 0 Å². The Morgan fingerprint density at radius 1 is 1.32 bits per heavy atom. The highest BCUT2D eigenvalue weighted by atomic mass is 35.5. The molecule has 116 valence electrons. The van der Waals surface area contributed by atoms with Gasteiger partial charge >= 0.3 is 0 Å². The first-order valence-corrected chi connectivity index (χ1v) is 7.65. The Labute approximate surface area is 134 Å². The topological polar surface area (TPSA) is 63.1 Å². The second-order valence-electron chi connectivity index (χ2n) is 5.42. The van der Waals surface area contributed by atoms with Crippen molar-refractivity contribution in [2.75, 3.05) is 23.3 Å². The first-order chi connectivity index (χ1) is 10.6. The van der Waals surface area contributed by atoms with Crippen molar-refractivity contribution in [2.45, 2.75) is 19.8 Å². The largest absolute Gasteiger partial charge is 0.353 e. The highest BCUT2D eigenvalue weighted by Gasteiger charge is 2.23. The highest BCUT2D eigenvalue weighted by Crippen LogP contribution is 2.30. The zero-order valence-electron chi connectivity index (χ0n) is 12.6. The van der Waals surface area contributed by atoms with Crippen LogP contribution >= 0.6 is 11.6 Å². The summed E-state index contributed by atoms with van der Waals surface area (Å²) in [6.45, 7) is 3.88. The number of nitrogens with one attached hydrogen (secondary N) is 1. The minimum atomic E-state index is -0.256. The molecule has 1 aliphatic heterocycles. The molecule has 3 rings (SSSR count). The van der Waals surface area contributed by atoms with Crippen molar-refractivity contribution in [3.63, 3.8) is 0 Å². The SMILES string of the molecule is Cc1c(NC(=O)c2ccc(Cl)cn2)c(N2CCCC2)nn1C. The molecule has 2 aromatic rings. The molecule has 0 saturated carbocycles. The summed E-state index contributed by atoms with van der Waals surface area (Å²) in [6, 6.07) is 3.26. The van der Waals surface area contributed by atoms with Gasteiger partial charge in [-0.15, -0.1) is 0 Å². The third kappa shape index (κ3) is 2.78. The molecule has 7 heteroatoms. The van der Waals surface area contributed by atoms with Crippen LogP contribution in [0.15, 0.2) is 18.3 Å². The first-order valence-electron chi connectivity index (χ1n) is 7.27. The summed E-state index contributed by atoms with van der Waals surface area (Å²) in [4.78, 5) is 18.6. The van der Waals surface area contributed by atoms with Crippen molar-refractivity contribution in [3.05, 3.63) is 34.7 Å². The molecule has 2 aromatic heterocycles. The van der Waals surface area contributed by atoms with Gasteiger partial charge in [0, 0.05) is 26.3 Å². The van der Waals surface area contributed by atoms with Gasteiger partial charge in [0.15, 0.2) is 5.82 Å². The van der Waals surface area contributed by atoms with E-state index in [4.69, 9.17) is 11.6 Å². The van der Waals surface area contributed by atoms with E-state index in [0.717, 1.165) is 43.1 Å². The van der Waals surface area contributed by atoms with Crippen molar-refractivity contribution in [2.24, 2.45) is 7.05 Å². The number of nitrogens with zero attached hydrogens (tertiary/aromatic N) is 4. The van der Waals surface area contributed by atoms with Crippen molar-refractivity contribution in [1.82, 2.24) is 14.8 Å². The van der Waals surface area contributed by atoms with Crippen LogP contribution in [0.4, 0.5) is 11.5 Å². The Bertz CT molecular complexity index is 689. The van der Waals surface area contributed by atoms with E-state index in [1.807, 2.05) is 14.0 Å². The van der Waals surface area contributed by atoms with Gasteiger partial charge in [-0.25, -0.2) is 4.98 Å². The number of hydrogen-bond acceptors (Lipinski definition) is 4. The van der Waals surface area contributed by atoms with E-state index in [0.29, 0.717) is 10.7 Å². The van der Waals surface area contributed by atoms with Crippen LogP contribution in [0.2, 0.25) is 5.02 Å². The van der Waals surface area contributed by atoms with Crippen LogP contribution in [0.3, 0.4) is 0 Å². The Morgan fingerprint density at radius 3 is 2.68 bits per heavy atom. The van der Waals surface area contributed by atoms with E-state index in [9.17, 15) is 4.79 Å². The first kappa shape index (κ1) is 14.8. The molecule has 0 bridgehead atoms. The highest BCUT2D eigenvalue weighted by molar-refractivity contribution is 6.30. The zero-order valence-corrected chi connectivity index (χ0v) is 13.4. The fraction of sp³-hybridized carbons (Fsp3) is 0.400. The van der Waals surface area contributed by atoms with Crippen LogP contribution in [-0.4, -0.2) is 33.8 Å². The fourth-order valence-electron chi connectivity index (χ4n) is 2.58. The lowest BCUT2D eigenvalue weighted by molar-refractivity contribution is 0.102. The quantitative estimate of drug-likeness (QED) is 0.944. The third-order valence-electron chi connectivity index (χ3n) is 3.92. The molecule has 6 nitrogen and oxygen atoms in total. The fourth-order valence-corrected chi connectivity index (χ4v) is 2.69. The number of carbonyl (C=O) groups excluding carboxylic acids is 1. The van der Waals surface area contributed by atoms with E-state index < -0.39 is 0 Å². The normalized spacial score (nSPS) is 14.4. The molecule has 1 fully saturated rings. The van der Waals surface area contributed by atoms with E-state index >= 15 is 0 Å². The van der Waals surface area contributed by atoms with E-state index in [2.05, 4.69) is 20.3 Å². The molecule has 0 unspecified atom stereocenters. The molecule has 0 radical (unpaired) electrons. The van der Waals surface area contributed by atoms with Gasteiger partial charge in [-0.1, -0.05) is 11.6 Å². The number of aryl methyl sites for hydroxylation is 1. The van der Waals surface area contributed by atoms with Gasteiger partial charge in [-0.2, -0.15) is 5.10 Å². The lowest BCUT2D eigenvalue weighted by Gasteiger charge is -2.16. The molecule has 1 amide bonds. The lowest BCUT2D eigenvalue weighted by atomic mass is 10.3. The summed E-state index contributed by atoms with van der Waals surface area (Å²) in [5, 5.41) is 7.99. The second-order valence-corrected chi connectivity index (χ2v) is 5.85. The third-order valence-corrected chi connectivity index (χ3v) is 4.14. The predicted octanol–water partition coefficient (Wildman–Crippen LogP) is 2.63. The summed E-state index contributed by atoms with van der Waals surface area (Å²) in [5.41, 5.74) is 2.01. The van der Waals surface area contributed by atoms with Crippen LogP contribution in [-0.2, 0) is 7.05 Å².